The van der Waals surface area contributed by atoms with E-state index in [-0.39, 0.29) is 30.9 Å². The van der Waals surface area contributed by atoms with Gasteiger partial charge in [0.05, 0.1) is 26.3 Å². The molecule has 2 rings (SSSR count). The number of rotatable bonds is 5. The van der Waals surface area contributed by atoms with Crippen LogP contribution in [-0.2, 0) is 14.3 Å². The van der Waals surface area contributed by atoms with Gasteiger partial charge in [0.25, 0.3) is 0 Å². The van der Waals surface area contributed by atoms with E-state index in [0.717, 1.165) is 25.9 Å². The predicted octanol–water partition coefficient (Wildman–Crippen LogP) is -1.62. The van der Waals surface area contributed by atoms with E-state index in [1.54, 1.807) is 4.90 Å². The first-order chi connectivity index (χ1) is 9.66. The van der Waals surface area contributed by atoms with Gasteiger partial charge in [-0.15, -0.1) is 0 Å². The second kappa shape index (κ2) is 7.56. The standard InChI is InChI=1S/C13H24N4O3/c14-12(18)9-17(11-1-3-15-4-2-11)10-13(19)16-5-7-20-8-6-16/h11,15H,1-10H2,(H2,14,18). The van der Waals surface area contributed by atoms with Gasteiger partial charge < -0.3 is 20.7 Å². The zero-order valence-electron chi connectivity index (χ0n) is 11.8. The van der Waals surface area contributed by atoms with Crippen molar-refractivity contribution < 1.29 is 14.3 Å². The highest BCUT2D eigenvalue weighted by Crippen LogP contribution is 2.12. The molecule has 0 saturated carbocycles. The van der Waals surface area contributed by atoms with Crippen molar-refractivity contribution in [3.63, 3.8) is 0 Å². The number of nitrogens with zero attached hydrogens (tertiary/aromatic N) is 2. The van der Waals surface area contributed by atoms with Crippen LogP contribution >= 0.6 is 0 Å². The third kappa shape index (κ3) is 4.43. The summed E-state index contributed by atoms with van der Waals surface area (Å²) in [5.41, 5.74) is 5.31. The van der Waals surface area contributed by atoms with Gasteiger partial charge in [0.1, 0.15) is 0 Å². The van der Waals surface area contributed by atoms with Gasteiger partial charge in [0, 0.05) is 19.1 Å². The average molecular weight is 284 g/mol. The molecule has 0 unspecified atom stereocenters. The summed E-state index contributed by atoms with van der Waals surface area (Å²) < 4.78 is 5.25. The molecule has 20 heavy (non-hydrogen) atoms. The van der Waals surface area contributed by atoms with E-state index in [1.165, 1.54) is 0 Å². The van der Waals surface area contributed by atoms with Crippen LogP contribution in [-0.4, -0.2) is 80.1 Å². The lowest BCUT2D eigenvalue weighted by Crippen LogP contribution is -2.52. The minimum atomic E-state index is -0.377. The number of carbonyl (C=O) groups excluding carboxylic acids is 2. The molecule has 0 bridgehead atoms. The summed E-state index contributed by atoms with van der Waals surface area (Å²) in [5.74, 6) is -0.314. The van der Waals surface area contributed by atoms with Gasteiger partial charge in [0.15, 0.2) is 0 Å². The highest BCUT2D eigenvalue weighted by atomic mass is 16.5. The Hall–Kier alpha value is -1.18. The fourth-order valence-corrected chi connectivity index (χ4v) is 2.77. The summed E-state index contributed by atoms with van der Waals surface area (Å²) in [4.78, 5) is 27.3. The smallest absolute Gasteiger partial charge is 0.236 e. The molecule has 2 aliphatic rings. The highest BCUT2D eigenvalue weighted by Gasteiger charge is 2.26. The lowest BCUT2D eigenvalue weighted by atomic mass is 10.0. The topological polar surface area (TPSA) is 87.9 Å². The van der Waals surface area contributed by atoms with Crippen LogP contribution in [0.1, 0.15) is 12.8 Å². The van der Waals surface area contributed by atoms with Gasteiger partial charge in [-0.3, -0.25) is 14.5 Å². The van der Waals surface area contributed by atoms with Crippen LogP contribution < -0.4 is 11.1 Å². The van der Waals surface area contributed by atoms with Gasteiger partial charge in [-0.2, -0.15) is 0 Å². The number of ether oxygens (including phenoxy) is 1. The molecular weight excluding hydrogens is 260 g/mol. The lowest BCUT2D eigenvalue weighted by Gasteiger charge is -2.35. The summed E-state index contributed by atoms with van der Waals surface area (Å²) in [6, 6.07) is 0.258. The molecule has 0 aliphatic carbocycles. The number of hydrogen-bond donors (Lipinski definition) is 2. The van der Waals surface area contributed by atoms with E-state index in [1.807, 2.05) is 4.90 Å². The predicted molar refractivity (Wildman–Crippen MR) is 74.1 cm³/mol. The van der Waals surface area contributed by atoms with Crippen LogP contribution in [0, 0.1) is 0 Å². The van der Waals surface area contributed by atoms with Gasteiger partial charge >= 0.3 is 0 Å². The Morgan fingerprint density at radius 1 is 1.20 bits per heavy atom. The molecule has 0 aromatic rings. The summed E-state index contributed by atoms with van der Waals surface area (Å²) in [6.45, 7) is 4.72. The zero-order chi connectivity index (χ0) is 14.4. The van der Waals surface area contributed by atoms with Gasteiger partial charge in [-0.25, -0.2) is 0 Å². The Labute approximate surface area is 119 Å². The first-order valence-electron chi connectivity index (χ1n) is 7.25. The molecule has 2 amide bonds. The molecule has 0 atom stereocenters. The minimum absolute atomic E-state index is 0.0630. The number of morpholine rings is 1. The van der Waals surface area contributed by atoms with E-state index >= 15 is 0 Å². The third-order valence-electron chi connectivity index (χ3n) is 3.89. The van der Waals surface area contributed by atoms with Crippen molar-refractivity contribution in [3.8, 4) is 0 Å². The van der Waals surface area contributed by atoms with Gasteiger partial charge in [0.2, 0.25) is 11.8 Å². The van der Waals surface area contributed by atoms with Crippen LogP contribution in [0.3, 0.4) is 0 Å². The van der Waals surface area contributed by atoms with Crippen LogP contribution in [0.25, 0.3) is 0 Å². The third-order valence-corrected chi connectivity index (χ3v) is 3.89. The maximum Gasteiger partial charge on any atom is 0.236 e. The minimum Gasteiger partial charge on any atom is -0.378 e. The van der Waals surface area contributed by atoms with Crippen molar-refractivity contribution in [2.75, 3.05) is 52.5 Å². The van der Waals surface area contributed by atoms with Crippen LogP contribution in [0.15, 0.2) is 0 Å². The molecule has 7 heteroatoms. The van der Waals surface area contributed by atoms with E-state index in [0.29, 0.717) is 26.3 Å². The summed E-state index contributed by atoms with van der Waals surface area (Å²) >= 11 is 0. The molecular formula is C13H24N4O3. The number of hydrogen-bond acceptors (Lipinski definition) is 5. The molecule has 0 aromatic heterocycles. The number of nitrogens with one attached hydrogen (secondary N) is 1. The van der Waals surface area contributed by atoms with E-state index < -0.39 is 0 Å². The second-order valence-electron chi connectivity index (χ2n) is 5.35. The van der Waals surface area contributed by atoms with Gasteiger partial charge in [-0.1, -0.05) is 0 Å². The van der Waals surface area contributed by atoms with Crippen molar-refractivity contribution in [3.05, 3.63) is 0 Å². The molecule has 114 valence electrons. The number of primary amides is 1. The molecule has 2 aliphatic heterocycles. The normalized spacial score (nSPS) is 21.1. The van der Waals surface area contributed by atoms with Crippen LogP contribution in [0.2, 0.25) is 0 Å². The van der Waals surface area contributed by atoms with Crippen molar-refractivity contribution >= 4 is 11.8 Å². The van der Waals surface area contributed by atoms with E-state index in [4.69, 9.17) is 10.5 Å². The molecule has 0 radical (unpaired) electrons. The number of nitrogens with two attached hydrogens (primary N) is 1. The first kappa shape index (κ1) is 15.2. The Balaban J connectivity index is 1.91. The number of piperidine rings is 1. The lowest BCUT2D eigenvalue weighted by molar-refractivity contribution is -0.137. The van der Waals surface area contributed by atoms with Crippen molar-refractivity contribution in [2.45, 2.75) is 18.9 Å². The zero-order valence-corrected chi connectivity index (χ0v) is 11.8. The summed E-state index contributed by atoms with van der Waals surface area (Å²) in [7, 11) is 0. The molecule has 7 nitrogen and oxygen atoms in total. The van der Waals surface area contributed by atoms with Crippen LogP contribution in [0.4, 0.5) is 0 Å². The van der Waals surface area contributed by atoms with Crippen molar-refractivity contribution in [1.82, 2.24) is 15.1 Å². The molecule has 0 aromatic carbocycles. The SMILES string of the molecule is NC(=O)CN(CC(=O)N1CCOCC1)C1CCNCC1. The maximum atomic E-state index is 12.3. The largest absolute Gasteiger partial charge is 0.378 e. The maximum absolute atomic E-state index is 12.3. The Morgan fingerprint density at radius 3 is 2.45 bits per heavy atom. The van der Waals surface area contributed by atoms with E-state index in [2.05, 4.69) is 5.32 Å². The summed E-state index contributed by atoms with van der Waals surface area (Å²) in [6.07, 6.45) is 1.90. The molecule has 0 spiro atoms. The van der Waals surface area contributed by atoms with Crippen molar-refractivity contribution in [2.24, 2.45) is 5.73 Å². The fourth-order valence-electron chi connectivity index (χ4n) is 2.77. The van der Waals surface area contributed by atoms with Gasteiger partial charge in [-0.05, 0) is 25.9 Å². The van der Waals surface area contributed by atoms with Crippen molar-refractivity contribution in [1.29, 1.82) is 0 Å². The number of amides is 2. The first-order valence-corrected chi connectivity index (χ1v) is 7.25. The average Bonchev–Trinajstić information content (AvgIpc) is 2.48. The van der Waals surface area contributed by atoms with E-state index in [9.17, 15) is 9.59 Å². The fraction of sp³-hybridized carbons (Fsp3) is 0.846. The second-order valence-corrected chi connectivity index (χ2v) is 5.35. The monoisotopic (exact) mass is 284 g/mol. The Bertz CT molecular complexity index is 339. The molecule has 2 heterocycles. The van der Waals surface area contributed by atoms with Crippen LogP contribution in [0.5, 0.6) is 0 Å². The Kier molecular flexibility index (Phi) is 5.75. The number of carbonyl (C=O) groups is 2. The molecule has 2 saturated heterocycles. The highest BCUT2D eigenvalue weighted by molar-refractivity contribution is 5.80. The summed E-state index contributed by atoms with van der Waals surface area (Å²) in [5, 5.41) is 3.28. The Morgan fingerprint density at radius 2 is 1.85 bits per heavy atom. The molecule has 3 N–H and O–H groups in total. The quantitative estimate of drug-likeness (QED) is 0.634. The molecule has 2 fully saturated rings.